The van der Waals surface area contributed by atoms with Gasteiger partial charge in [0.05, 0.1) is 17.1 Å². The zero-order valence-electron chi connectivity index (χ0n) is 19.3. The lowest BCUT2D eigenvalue weighted by Crippen LogP contribution is -2.26. The minimum Gasteiger partial charge on any atom is -0.484 e. The Bertz CT molecular complexity index is 1490. The smallest absolute Gasteiger partial charge is 0.295 e. The van der Waals surface area contributed by atoms with Crippen LogP contribution in [0.4, 0.5) is 11.4 Å². The molecule has 4 aromatic rings. The molecule has 1 N–H and O–H groups in total. The fourth-order valence-electron chi connectivity index (χ4n) is 3.47. The number of nitrogens with zero attached hydrogens (tertiary/aromatic N) is 3. The maximum Gasteiger partial charge on any atom is 0.295 e. The molecule has 35 heavy (non-hydrogen) atoms. The van der Waals surface area contributed by atoms with Crippen molar-refractivity contribution in [1.82, 2.24) is 9.36 Å². The van der Waals surface area contributed by atoms with E-state index in [1.165, 1.54) is 16.0 Å². The van der Waals surface area contributed by atoms with E-state index >= 15 is 0 Å². The number of rotatable bonds is 8. The molecule has 0 atom stereocenters. The number of amides is 1. The van der Waals surface area contributed by atoms with Gasteiger partial charge < -0.3 is 10.1 Å². The number of ether oxygens (including phenoxy) is 1. The van der Waals surface area contributed by atoms with Crippen molar-refractivity contribution >= 4 is 38.6 Å². The van der Waals surface area contributed by atoms with E-state index in [0.29, 0.717) is 22.8 Å². The van der Waals surface area contributed by atoms with E-state index in [-0.39, 0.29) is 22.1 Å². The minimum absolute atomic E-state index is 0.181. The molecule has 0 saturated carbocycles. The van der Waals surface area contributed by atoms with Gasteiger partial charge in [-0.25, -0.2) is 13.1 Å². The van der Waals surface area contributed by atoms with Crippen LogP contribution in [-0.2, 0) is 21.9 Å². The largest absolute Gasteiger partial charge is 0.484 e. The second-order valence-electron chi connectivity index (χ2n) is 7.67. The molecule has 1 amide bonds. The monoisotopic (exact) mass is 512 g/mol. The molecule has 2 aromatic heterocycles. The molecule has 0 fully saturated rings. The lowest BCUT2D eigenvalue weighted by atomic mass is 10.3. The SMILES string of the molecule is Cc1c(NC(=O)COc2ccc(N(C)S(=O)(=O)c3cccs3)cc2)c(=O)n(-c2ccccc2)n1C. The Kier molecular flexibility index (Phi) is 6.81. The second kappa shape index (κ2) is 9.80. The quantitative estimate of drug-likeness (QED) is 0.390. The predicted octanol–water partition coefficient (Wildman–Crippen LogP) is 3.39. The van der Waals surface area contributed by atoms with Crippen LogP contribution < -0.4 is 19.9 Å². The normalized spacial score (nSPS) is 11.3. The molecule has 2 aromatic carbocycles. The van der Waals surface area contributed by atoms with Gasteiger partial charge in [0, 0.05) is 14.1 Å². The molecule has 0 aliphatic heterocycles. The topological polar surface area (TPSA) is 103 Å². The first-order chi connectivity index (χ1) is 16.7. The van der Waals surface area contributed by atoms with Crippen molar-refractivity contribution in [2.45, 2.75) is 11.1 Å². The number of nitrogens with one attached hydrogen (secondary N) is 1. The third-order valence-electron chi connectivity index (χ3n) is 5.50. The van der Waals surface area contributed by atoms with Crippen LogP contribution in [0, 0.1) is 6.92 Å². The third-order valence-corrected chi connectivity index (χ3v) is 8.66. The summed E-state index contributed by atoms with van der Waals surface area (Å²) in [4.78, 5) is 25.4. The van der Waals surface area contributed by atoms with E-state index < -0.39 is 15.9 Å². The van der Waals surface area contributed by atoms with Gasteiger partial charge in [-0.3, -0.25) is 18.6 Å². The summed E-state index contributed by atoms with van der Waals surface area (Å²) >= 11 is 1.15. The van der Waals surface area contributed by atoms with Crippen molar-refractivity contribution in [1.29, 1.82) is 0 Å². The van der Waals surface area contributed by atoms with Gasteiger partial charge in [-0.1, -0.05) is 24.3 Å². The summed E-state index contributed by atoms with van der Waals surface area (Å²) in [7, 11) is -0.420. The number of para-hydroxylation sites is 1. The molecule has 0 spiro atoms. The highest BCUT2D eigenvalue weighted by Gasteiger charge is 2.22. The summed E-state index contributed by atoms with van der Waals surface area (Å²) < 4.78 is 35.5. The summed E-state index contributed by atoms with van der Waals surface area (Å²) in [5, 5.41) is 4.35. The van der Waals surface area contributed by atoms with Gasteiger partial charge in [0.2, 0.25) is 0 Å². The van der Waals surface area contributed by atoms with Crippen LogP contribution >= 0.6 is 11.3 Å². The highest BCUT2D eigenvalue weighted by atomic mass is 32.2. The molecular weight excluding hydrogens is 488 g/mol. The zero-order valence-corrected chi connectivity index (χ0v) is 21.0. The van der Waals surface area contributed by atoms with E-state index in [2.05, 4.69) is 5.32 Å². The number of benzene rings is 2. The van der Waals surface area contributed by atoms with Crippen LogP contribution in [0.15, 0.2) is 81.1 Å². The molecule has 2 heterocycles. The Morgan fingerprint density at radius 1 is 1.06 bits per heavy atom. The highest BCUT2D eigenvalue weighted by molar-refractivity contribution is 7.94. The van der Waals surface area contributed by atoms with Gasteiger partial charge in [0.1, 0.15) is 15.6 Å². The van der Waals surface area contributed by atoms with Gasteiger partial charge in [-0.15, -0.1) is 11.3 Å². The molecule has 9 nitrogen and oxygen atoms in total. The summed E-state index contributed by atoms with van der Waals surface area (Å²) in [6.45, 7) is 1.43. The lowest BCUT2D eigenvalue weighted by molar-refractivity contribution is -0.118. The predicted molar refractivity (Wildman–Crippen MR) is 136 cm³/mol. The van der Waals surface area contributed by atoms with Gasteiger partial charge in [0.15, 0.2) is 6.61 Å². The molecule has 0 unspecified atom stereocenters. The van der Waals surface area contributed by atoms with Crippen LogP contribution in [-0.4, -0.2) is 37.3 Å². The Morgan fingerprint density at radius 3 is 2.37 bits per heavy atom. The van der Waals surface area contributed by atoms with E-state index in [0.717, 1.165) is 11.3 Å². The first-order valence-corrected chi connectivity index (χ1v) is 12.9. The number of carbonyl (C=O) groups is 1. The highest BCUT2D eigenvalue weighted by Crippen LogP contribution is 2.26. The van der Waals surface area contributed by atoms with Crippen LogP contribution in [0.5, 0.6) is 5.75 Å². The standard InChI is InChI=1S/C24H24N4O5S2/c1-17-23(24(30)28(26(17)2)19-8-5-4-6-9-19)25-21(29)16-33-20-13-11-18(12-14-20)27(3)35(31,32)22-10-7-15-34-22/h4-15H,16H2,1-3H3,(H,25,29). The van der Waals surface area contributed by atoms with Crippen molar-refractivity contribution in [2.24, 2.45) is 7.05 Å². The Hall–Kier alpha value is -3.83. The molecule has 11 heteroatoms. The fraction of sp³-hybridized carbons (Fsp3) is 0.167. The van der Waals surface area contributed by atoms with E-state index in [9.17, 15) is 18.0 Å². The first-order valence-electron chi connectivity index (χ1n) is 10.6. The molecule has 0 bridgehead atoms. The summed E-state index contributed by atoms with van der Waals surface area (Å²) in [6, 6.07) is 18.7. The van der Waals surface area contributed by atoms with Gasteiger partial charge in [-0.05, 0) is 54.8 Å². The number of aromatic nitrogens is 2. The average molecular weight is 513 g/mol. The van der Waals surface area contributed by atoms with Crippen molar-refractivity contribution in [3.05, 3.63) is 88.2 Å². The van der Waals surface area contributed by atoms with E-state index in [4.69, 9.17) is 4.74 Å². The number of anilines is 2. The Labute approximate surface area is 206 Å². The second-order valence-corrected chi connectivity index (χ2v) is 10.8. The van der Waals surface area contributed by atoms with Gasteiger partial charge >= 0.3 is 0 Å². The fourth-order valence-corrected chi connectivity index (χ4v) is 5.83. The molecule has 0 saturated heterocycles. The number of sulfonamides is 1. The zero-order chi connectivity index (χ0) is 25.2. The van der Waals surface area contributed by atoms with Crippen molar-refractivity contribution in [3.63, 3.8) is 0 Å². The van der Waals surface area contributed by atoms with Crippen molar-refractivity contribution in [2.75, 3.05) is 23.3 Å². The van der Waals surface area contributed by atoms with Crippen LogP contribution in [0.25, 0.3) is 5.69 Å². The summed E-state index contributed by atoms with van der Waals surface area (Å²) in [6.07, 6.45) is 0. The lowest BCUT2D eigenvalue weighted by Gasteiger charge is -2.18. The van der Waals surface area contributed by atoms with E-state index in [1.54, 1.807) is 60.4 Å². The van der Waals surface area contributed by atoms with Gasteiger partial charge in [0.25, 0.3) is 21.5 Å². The van der Waals surface area contributed by atoms with Crippen molar-refractivity contribution in [3.8, 4) is 11.4 Å². The van der Waals surface area contributed by atoms with E-state index in [1.807, 2.05) is 30.3 Å². The maximum absolute atomic E-state index is 12.9. The molecule has 4 rings (SSSR count). The number of carbonyl (C=O) groups excluding carboxylic acids is 1. The van der Waals surface area contributed by atoms with Crippen molar-refractivity contribution < 1.29 is 17.9 Å². The summed E-state index contributed by atoms with van der Waals surface area (Å²) in [5.41, 5.74) is 1.58. The van der Waals surface area contributed by atoms with Crippen LogP contribution in [0.3, 0.4) is 0 Å². The first kappa shape index (κ1) is 24.3. The third kappa shape index (κ3) is 4.86. The number of thiophene rings is 1. The number of hydrogen-bond donors (Lipinski definition) is 1. The Morgan fingerprint density at radius 2 is 1.74 bits per heavy atom. The minimum atomic E-state index is -3.64. The molecule has 0 aliphatic rings. The average Bonchev–Trinajstić information content (AvgIpc) is 3.48. The molecule has 0 radical (unpaired) electrons. The van der Waals surface area contributed by atoms with Gasteiger partial charge in [-0.2, -0.15) is 0 Å². The molecule has 0 aliphatic carbocycles. The summed E-state index contributed by atoms with van der Waals surface area (Å²) in [5.74, 6) is -0.102. The van der Waals surface area contributed by atoms with Crippen LogP contribution in [0.1, 0.15) is 5.69 Å². The molecule has 182 valence electrons. The van der Waals surface area contributed by atoms with Crippen LogP contribution in [0.2, 0.25) is 0 Å². The Balaban J connectivity index is 1.41. The number of hydrogen-bond acceptors (Lipinski definition) is 6. The maximum atomic E-state index is 12.9. The molecular formula is C24H24N4O5S2.